The van der Waals surface area contributed by atoms with Crippen molar-refractivity contribution in [1.82, 2.24) is 4.57 Å². The fraction of sp³-hybridized carbons (Fsp3) is 0.267. The summed E-state index contributed by atoms with van der Waals surface area (Å²) in [6, 6.07) is 7.62. The number of benzene rings is 1. The van der Waals surface area contributed by atoms with Crippen LogP contribution in [-0.2, 0) is 4.79 Å². The Hall–Kier alpha value is -1.46. The van der Waals surface area contributed by atoms with Crippen LogP contribution < -0.4 is 5.32 Å². The standard InChI is InChI=1S/C15H16ClFN2OS/c1-21-9-6-14(19-7-2-3-8-19)15(20)18-11-4-5-13(17)12(16)10-11/h2-5,7-8,10,14H,6,9H2,1H3,(H,18,20). The van der Waals surface area contributed by atoms with Crippen molar-refractivity contribution in [3.8, 4) is 0 Å². The van der Waals surface area contributed by atoms with Crippen molar-refractivity contribution >= 4 is 35.0 Å². The van der Waals surface area contributed by atoms with Gasteiger partial charge in [0.05, 0.1) is 5.02 Å². The maximum atomic E-state index is 13.1. The smallest absolute Gasteiger partial charge is 0.247 e. The predicted molar refractivity (Wildman–Crippen MR) is 86.5 cm³/mol. The van der Waals surface area contributed by atoms with Crippen molar-refractivity contribution < 1.29 is 9.18 Å². The number of nitrogens with zero attached hydrogens (tertiary/aromatic N) is 1. The molecule has 1 aromatic carbocycles. The highest BCUT2D eigenvalue weighted by Gasteiger charge is 2.19. The average Bonchev–Trinajstić information content (AvgIpc) is 2.97. The number of anilines is 1. The van der Waals surface area contributed by atoms with E-state index in [0.29, 0.717) is 5.69 Å². The number of hydrogen-bond acceptors (Lipinski definition) is 2. The first-order chi connectivity index (χ1) is 10.1. The van der Waals surface area contributed by atoms with Gasteiger partial charge in [0.2, 0.25) is 5.91 Å². The molecule has 1 N–H and O–H groups in total. The van der Waals surface area contributed by atoms with Gasteiger partial charge in [-0.15, -0.1) is 0 Å². The van der Waals surface area contributed by atoms with Crippen LogP contribution in [0.2, 0.25) is 5.02 Å². The summed E-state index contributed by atoms with van der Waals surface area (Å²) in [6.45, 7) is 0. The molecular formula is C15H16ClFN2OS. The summed E-state index contributed by atoms with van der Waals surface area (Å²) in [4.78, 5) is 12.4. The van der Waals surface area contributed by atoms with E-state index in [-0.39, 0.29) is 17.0 Å². The molecule has 1 unspecified atom stereocenters. The van der Waals surface area contributed by atoms with Crippen LogP contribution in [0.5, 0.6) is 0 Å². The molecule has 1 aromatic heterocycles. The summed E-state index contributed by atoms with van der Waals surface area (Å²) in [6.07, 6.45) is 6.45. The van der Waals surface area contributed by atoms with Crippen LogP contribution in [0.25, 0.3) is 0 Å². The van der Waals surface area contributed by atoms with Gasteiger partial charge in [0.25, 0.3) is 0 Å². The fourth-order valence-electron chi connectivity index (χ4n) is 2.00. The zero-order chi connectivity index (χ0) is 15.2. The molecule has 0 fully saturated rings. The molecule has 21 heavy (non-hydrogen) atoms. The number of rotatable bonds is 6. The number of thioether (sulfide) groups is 1. The van der Waals surface area contributed by atoms with Gasteiger partial charge >= 0.3 is 0 Å². The van der Waals surface area contributed by atoms with E-state index in [2.05, 4.69) is 5.32 Å². The zero-order valence-electron chi connectivity index (χ0n) is 11.6. The van der Waals surface area contributed by atoms with Crippen molar-refractivity contribution in [2.24, 2.45) is 0 Å². The summed E-state index contributed by atoms with van der Waals surface area (Å²) in [5.74, 6) is 0.238. The largest absolute Gasteiger partial charge is 0.342 e. The molecule has 0 radical (unpaired) electrons. The lowest BCUT2D eigenvalue weighted by molar-refractivity contribution is -0.119. The van der Waals surface area contributed by atoms with Gasteiger partial charge in [-0.05, 0) is 48.8 Å². The SMILES string of the molecule is CSCCC(C(=O)Nc1ccc(F)c(Cl)c1)n1cccc1. The van der Waals surface area contributed by atoms with Gasteiger partial charge in [-0.2, -0.15) is 11.8 Å². The Kier molecular flexibility index (Phi) is 5.70. The summed E-state index contributed by atoms with van der Waals surface area (Å²) in [5.41, 5.74) is 0.493. The maximum absolute atomic E-state index is 13.1. The molecule has 0 spiro atoms. The first-order valence-corrected chi connectivity index (χ1v) is 8.26. The molecule has 112 valence electrons. The second-order valence-electron chi connectivity index (χ2n) is 4.55. The summed E-state index contributed by atoms with van der Waals surface area (Å²) in [7, 11) is 0. The van der Waals surface area contributed by atoms with E-state index < -0.39 is 5.82 Å². The number of nitrogens with one attached hydrogen (secondary N) is 1. The lowest BCUT2D eigenvalue weighted by atomic mass is 10.2. The highest BCUT2D eigenvalue weighted by molar-refractivity contribution is 7.98. The van der Waals surface area contributed by atoms with Gasteiger partial charge < -0.3 is 9.88 Å². The van der Waals surface area contributed by atoms with E-state index in [1.54, 1.807) is 11.8 Å². The van der Waals surface area contributed by atoms with Crippen LogP contribution in [0.1, 0.15) is 12.5 Å². The van der Waals surface area contributed by atoms with Gasteiger partial charge in [-0.1, -0.05) is 11.6 Å². The molecule has 0 aliphatic rings. The number of carbonyl (C=O) groups excluding carboxylic acids is 1. The van der Waals surface area contributed by atoms with Gasteiger partial charge in [0.15, 0.2) is 0 Å². The monoisotopic (exact) mass is 326 g/mol. The van der Waals surface area contributed by atoms with Crippen LogP contribution in [0.15, 0.2) is 42.7 Å². The summed E-state index contributed by atoms with van der Waals surface area (Å²) >= 11 is 7.42. The van der Waals surface area contributed by atoms with Gasteiger partial charge in [-0.3, -0.25) is 4.79 Å². The Balaban J connectivity index is 2.12. The average molecular weight is 327 g/mol. The lowest BCUT2D eigenvalue weighted by Crippen LogP contribution is -2.25. The van der Waals surface area contributed by atoms with E-state index in [9.17, 15) is 9.18 Å². The second kappa shape index (κ2) is 7.52. The molecule has 0 saturated heterocycles. The Morgan fingerprint density at radius 3 is 2.76 bits per heavy atom. The van der Waals surface area contributed by atoms with Gasteiger partial charge in [0.1, 0.15) is 11.9 Å². The molecule has 2 rings (SSSR count). The minimum absolute atomic E-state index is 0.00516. The van der Waals surface area contributed by atoms with Crippen molar-refractivity contribution in [1.29, 1.82) is 0 Å². The number of amides is 1. The highest BCUT2D eigenvalue weighted by atomic mass is 35.5. The molecule has 1 heterocycles. The van der Waals surface area contributed by atoms with E-state index in [0.717, 1.165) is 12.2 Å². The Morgan fingerprint density at radius 1 is 1.43 bits per heavy atom. The van der Waals surface area contributed by atoms with Gasteiger partial charge in [-0.25, -0.2) is 4.39 Å². The molecule has 6 heteroatoms. The van der Waals surface area contributed by atoms with E-state index in [1.807, 2.05) is 35.3 Å². The normalized spacial score (nSPS) is 12.1. The third-order valence-electron chi connectivity index (χ3n) is 3.07. The molecule has 3 nitrogen and oxygen atoms in total. The van der Waals surface area contributed by atoms with Crippen molar-refractivity contribution in [3.05, 3.63) is 53.6 Å². The minimum Gasteiger partial charge on any atom is -0.342 e. The third-order valence-corrected chi connectivity index (χ3v) is 4.01. The number of carbonyl (C=O) groups is 1. The Bertz CT molecular complexity index is 604. The van der Waals surface area contributed by atoms with Crippen LogP contribution in [-0.4, -0.2) is 22.5 Å². The molecular weight excluding hydrogens is 311 g/mol. The summed E-state index contributed by atoms with van der Waals surface area (Å²) in [5, 5.41) is 2.78. The first kappa shape index (κ1) is 15.9. The maximum Gasteiger partial charge on any atom is 0.247 e. The molecule has 1 atom stereocenters. The number of hydrogen-bond donors (Lipinski definition) is 1. The fourth-order valence-corrected chi connectivity index (χ4v) is 2.64. The lowest BCUT2D eigenvalue weighted by Gasteiger charge is -2.18. The molecule has 0 aliphatic carbocycles. The topological polar surface area (TPSA) is 34.0 Å². The molecule has 0 bridgehead atoms. The third kappa shape index (κ3) is 4.25. The van der Waals surface area contributed by atoms with E-state index >= 15 is 0 Å². The minimum atomic E-state index is -0.501. The molecule has 0 aliphatic heterocycles. The zero-order valence-corrected chi connectivity index (χ0v) is 13.1. The Labute approximate surface area is 132 Å². The first-order valence-electron chi connectivity index (χ1n) is 6.49. The molecule has 0 saturated carbocycles. The number of halogens is 2. The quantitative estimate of drug-likeness (QED) is 0.862. The van der Waals surface area contributed by atoms with Crippen LogP contribution >= 0.6 is 23.4 Å². The number of aromatic nitrogens is 1. The highest BCUT2D eigenvalue weighted by Crippen LogP contribution is 2.22. The van der Waals surface area contributed by atoms with Crippen molar-refractivity contribution in [3.63, 3.8) is 0 Å². The summed E-state index contributed by atoms with van der Waals surface area (Å²) < 4.78 is 15.0. The van der Waals surface area contributed by atoms with Crippen molar-refractivity contribution in [2.75, 3.05) is 17.3 Å². The molecule has 2 aromatic rings. The van der Waals surface area contributed by atoms with E-state index in [4.69, 9.17) is 11.6 Å². The van der Waals surface area contributed by atoms with Crippen LogP contribution in [0.4, 0.5) is 10.1 Å². The second-order valence-corrected chi connectivity index (χ2v) is 5.94. The van der Waals surface area contributed by atoms with Gasteiger partial charge in [0, 0.05) is 18.1 Å². The molecule has 1 amide bonds. The van der Waals surface area contributed by atoms with Crippen LogP contribution in [0.3, 0.4) is 0 Å². The van der Waals surface area contributed by atoms with E-state index in [1.165, 1.54) is 18.2 Å². The van der Waals surface area contributed by atoms with Crippen LogP contribution in [0, 0.1) is 5.82 Å². The predicted octanol–water partition coefficient (Wildman–Crippen LogP) is 4.21. The van der Waals surface area contributed by atoms with Crippen molar-refractivity contribution in [2.45, 2.75) is 12.5 Å². The Morgan fingerprint density at radius 2 is 2.14 bits per heavy atom.